The minimum atomic E-state index is -0.769. The van der Waals surface area contributed by atoms with E-state index in [-0.39, 0.29) is 71.2 Å². The van der Waals surface area contributed by atoms with Crippen LogP contribution in [-0.4, -0.2) is 128 Å². The van der Waals surface area contributed by atoms with Crippen molar-refractivity contribution in [1.82, 2.24) is 39.5 Å². The molecule has 75 heavy (non-hydrogen) atoms. The van der Waals surface area contributed by atoms with Crippen LogP contribution in [0, 0.1) is 17.7 Å². The van der Waals surface area contributed by atoms with E-state index in [1.165, 1.54) is 25.3 Å². The predicted molar refractivity (Wildman–Crippen MR) is 284 cm³/mol. The molecular weight excluding hydrogens is 950 g/mol. The van der Waals surface area contributed by atoms with E-state index in [1.807, 2.05) is 39.5 Å². The number of imidazole rings is 1. The molecule has 2 aromatic carbocycles. The third kappa shape index (κ3) is 8.81. The van der Waals surface area contributed by atoms with Crippen LogP contribution in [-0.2, 0) is 29.4 Å². The van der Waals surface area contributed by atoms with Crippen LogP contribution in [0.1, 0.15) is 121 Å². The number of likely N-dealkylation sites (tertiary alicyclic amines) is 3. The van der Waals surface area contributed by atoms with Gasteiger partial charge in [-0.1, -0.05) is 36.8 Å². The maximum Gasteiger partial charge on any atom is 0.238 e. The van der Waals surface area contributed by atoms with Crippen LogP contribution in [0.3, 0.4) is 0 Å². The van der Waals surface area contributed by atoms with Crippen LogP contribution in [0.2, 0.25) is 0 Å². The Morgan fingerprint density at radius 3 is 2.32 bits per heavy atom. The average Bonchev–Trinajstić information content (AvgIpc) is 4.10. The number of nitrogens with one attached hydrogen (secondary N) is 2. The Labute approximate surface area is 437 Å². The topological polar surface area (TPSA) is 169 Å². The third-order valence-corrected chi connectivity index (χ3v) is 18.2. The summed E-state index contributed by atoms with van der Waals surface area (Å²) in [4.78, 5) is 93.5. The van der Waals surface area contributed by atoms with Crippen LogP contribution in [0.5, 0.6) is 0 Å². The molecule has 16 nitrogen and oxygen atoms in total. The van der Waals surface area contributed by atoms with Gasteiger partial charge < -0.3 is 34.4 Å². The smallest absolute Gasteiger partial charge is 0.238 e. The van der Waals surface area contributed by atoms with Crippen molar-refractivity contribution < 1.29 is 28.4 Å². The van der Waals surface area contributed by atoms with Gasteiger partial charge in [-0.3, -0.25) is 29.3 Å². The molecule has 1 aliphatic carbocycles. The Balaban J connectivity index is 0.739. The van der Waals surface area contributed by atoms with E-state index >= 15 is 9.18 Å². The number of fused-ring (bicyclic) bond motifs is 3. The molecule has 6 aliphatic heterocycles. The zero-order valence-electron chi connectivity index (χ0n) is 43.3. The summed E-state index contributed by atoms with van der Waals surface area (Å²) in [6.07, 6.45) is 12.9. The number of carbonyl (C=O) groups is 5. The molecule has 3 atom stereocenters. The molecule has 0 bridgehead atoms. The number of para-hydroxylation sites is 1. The quantitative estimate of drug-likeness (QED) is 0.131. The van der Waals surface area contributed by atoms with Crippen molar-refractivity contribution in [1.29, 1.82) is 0 Å². The number of rotatable bonds is 10. The third-order valence-electron chi connectivity index (χ3n) is 18.2. The van der Waals surface area contributed by atoms with Gasteiger partial charge in [-0.15, -0.1) is 0 Å². The van der Waals surface area contributed by atoms with E-state index in [1.54, 1.807) is 30.7 Å². The zero-order valence-corrected chi connectivity index (χ0v) is 43.3. The van der Waals surface area contributed by atoms with Gasteiger partial charge in [-0.25, -0.2) is 19.3 Å². The zero-order chi connectivity index (χ0) is 51.7. The number of piperidine rings is 4. The number of amides is 5. The predicted octanol–water partition coefficient (Wildman–Crippen LogP) is 7.85. The summed E-state index contributed by atoms with van der Waals surface area (Å²) < 4.78 is 17.2. The van der Waals surface area contributed by atoms with Gasteiger partial charge in [0.2, 0.25) is 29.5 Å². The summed E-state index contributed by atoms with van der Waals surface area (Å²) in [7, 11) is 0. The second-order valence-corrected chi connectivity index (χ2v) is 22.6. The Kier molecular flexibility index (Phi) is 12.9. The average molecular weight is 1020 g/mol. The number of nitrogens with zero attached hydrogens (tertiary/aromatic N) is 9. The Morgan fingerprint density at radius 2 is 1.60 bits per heavy atom. The van der Waals surface area contributed by atoms with Gasteiger partial charge in [-0.05, 0) is 140 Å². The van der Waals surface area contributed by atoms with E-state index in [4.69, 9.17) is 9.97 Å². The van der Waals surface area contributed by atoms with Crippen molar-refractivity contribution in [2.75, 3.05) is 60.9 Å². The number of carbonyl (C=O) groups excluding carboxylic acids is 5. The van der Waals surface area contributed by atoms with Crippen molar-refractivity contribution in [3.05, 3.63) is 90.1 Å². The largest absolute Gasteiger partial charge is 0.357 e. The summed E-state index contributed by atoms with van der Waals surface area (Å²) in [5, 5.41) is 5.71. The van der Waals surface area contributed by atoms with Crippen molar-refractivity contribution in [2.24, 2.45) is 11.8 Å². The molecule has 2 N–H and O–H groups in total. The summed E-state index contributed by atoms with van der Waals surface area (Å²) in [6.45, 7) is 11.2. The maximum absolute atomic E-state index is 15.3. The minimum absolute atomic E-state index is 0.0664. The summed E-state index contributed by atoms with van der Waals surface area (Å²) in [5.41, 5.74) is 5.30. The number of hydrogen-bond acceptors (Lipinski definition) is 11. The van der Waals surface area contributed by atoms with Crippen LogP contribution in [0.25, 0.3) is 22.3 Å². The van der Waals surface area contributed by atoms with Crippen LogP contribution in [0.15, 0.2) is 73.2 Å². The van der Waals surface area contributed by atoms with E-state index in [2.05, 4.69) is 62.4 Å². The maximum atomic E-state index is 15.3. The highest BCUT2D eigenvalue weighted by Gasteiger charge is 2.56. The van der Waals surface area contributed by atoms with Crippen molar-refractivity contribution in [3.63, 3.8) is 0 Å². The number of hydrogen-bond donors (Lipinski definition) is 2. The highest BCUT2D eigenvalue weighted by atomic mass is 19.1. The van der Waals surface area contributed by atoms with Crippen molar-refractivity contribution >= 4 is 63.6 Å². The first kappa shape index (κ1) is 49.1. The number of imide groups is 1. The molecule has 392 valence electrons. The Morgan fingerprint density at radius 1 is 0.827 bits per heavy atom. The number of aromatic nitrogens is 4. The van der Waals surface area contributed by atoms with Gasteiger partial charge in [-0.2, -0.15) is 0 Å². The molecule has 5 amide bonds. The monoisotopic (exact) mass is 1020 g/mol. The molecule has 3 aromatic heterocycles. The first-order valence-electron chi connectivity index (χ1n) is 27.6. The number of anilines is 4. The van der Waals surface area contributed by atoms with Gasteiger partial charge in [0.05, 0.1) is 40.5 Å². The lowest BCUT2D eigenvalue weighted by atomic mass is 9.73. The summed E-state index contributed by atoms with van der Waals surface area (Å²) in [5.74, 6) is -0.127. The van der Waals surface area contributed by atoms with Crippen LogP contribution < -0.4 is 20.4 Å². The standard InChI is InChI=1S/C58H68FN11O5/c1-35(2)69-34-61-48-32-47(63-53(52(48)69)62-46-10-6-5-9-45(46)59)38-11-14-44-49(29-38)70(41-30-40(31-41)65-22-7-4-8-23-65)57(75)58(44)20-27-67(28-21-58)56(74)42-19-26-68(36(42)3)55(73)37-17-24-66(25-18-37)50-15-12-39(33-60-50)43-13-16-51(71)64-54(43)72/h5-6,9-12,14-15,29,32-37,40-43H,4,7-8,13,16-28,30-31H2,1-3H3,(H,62,63)(H,64,71,72)/t36-,40?,41?,42-,43-/m1/s1. The van der Waals surface area contributed by atoms with E-state index < -0.39 is 5.41 Å². The van der Waals surface area contributed by atoms with Crippen molar-refractivity contribution in [2.45, 2.75) is 133 Å². The molecule has 5 aromatic rings. The van der Waals surface area contributed by atoms with Gasteiger partial charge in [0.1, 0.15) is 17.2 Å². The van der Waals surface area contributed by atoms with E-state index in [9.17, 15) is 19.2 Å². The van der Waals surface area contributed by atoms with Crippen LogP contribution >= 0.6 is 0 Å². The first-order chi connectivity index (χ1) is 36.3. The second-order valence-electron chi connectivity index (χ2n) is 22.6. The summed E-state index contributed by atoms with van der Waals surface area (Å²) >= 11 is 0. The number of pyridine rings is 2. The molecule has 0 radical (unpaired) electrons. The lowest BCUT2D eigenvalue weighted by molar-refractivity contribution is -0.142. The van der Waals surface area contributed by atoms with Gasteiger partial charge in [0, 0.05) is 86.7 Å². The first-order valence-corrected chi connectivity index (χ1v) is 27.6. The molecule has 12 rings (SSSR count). The Bertz CT molecular complexity index is 3040. The van der Waals surface area contributed by atoms with Crippen molar-refractivity contribution in [3.8, 4) is 11.3 Å². The van der Waals surface area contributed by atoms with Gasteiger partial charge in [0.25, 0.3) is 0 Å². The molecule has 17 heteroatoms. The highest BCUT2D eigenvalue weighted by Crippen LogP contribution is 2.52. The fourth-order valence-corrected chi connectivity index (χ4v) is 13.6. The molecule has 1 saturated carbocycles. The van der Waals surface area contributed by atoms with E-state index in [0.29, 0.717) is 101 Å². The normalized spacial score (nSPS) is 25.3. The SMILES string of the molecule is CC(C)n1cnc2cc(-c3ccc4c(c3)N(C3CC(N5CCCCC5)C3)C(=O)C43CCN(C(=O)[C@@H]4CCN(C(=O)C5CCN(c6ccc([C@H]7CCC(=O)NC7=O)cn6)CC5)[C@@H]4C)CC3)nc(Nc3ccccc3F)c21. The summed E-state index contributed by atoms with van der Waals surface area (Å²) in [6, 6.07) is 19.1. The molecule has 9 heterocycles. The minimum Gasteiger partial charge on any atom is -0.357 e. The molecule has 7 aliphatic rings. The highest BCUT2D eigenvalue weighted by molar-refractivity contribution is 6.10. The number of benzene rings is 2. The molecule has 1 spiro atoms. The van der Waals surface area contributed by atoms with E-state index in [0.717, 1.165) is 65.2 Å². The fourth-order valence-electron chi connectivity index (χ4n) is 13.6. The lowest BCUT2D eigenvalue weighted by Crippen LogP contribution is -2.58. The molecule has 6 fully saturated rings. The molecular formula is C58H68FN11O5. The van der Waals surface area contributed by atoms with Gasteiger partial charge in [0.15, 0.2) is 5.82 Å². The molecule has 5 saturated heterocycles. The fraction of sp³-hybridized carbons (Fsp3) is 0.517. The van der Waals surface area contributed by atoms with Gasteiger partial charge >= 0.3 is 0 Å². The molecule has 0 unspecified atom stereocenters. The Hall–Kier alpha value is -6.75. The number of halogens is 1. The second kappa shape index (κ2) is 19.7. The lowest BCUT2D eigenvalue weighted by Gasteiger charge is -2.48. The van der Waals surface area contributed by atoms with Crippen LogP contribution in [0.4, 0.5) is 27.4 Å².